The monoisotopic (exact) mass is 462 g/mol. The molecule has 0 atom stereocenters. The Bertz CT molecular complexity index is 1180. The van der Waals surface area contributed by atoms with Gasteiger partial charge in [0, 0.05) is 41.9 Å². The van der Waals surface area contributed by atoms with Gasteiger partial charge < -0.3 is 19.5 Å². The second-order valence-corrected chi connectivity index (χ2v) is 10.3. The molecule has 1 aliphatic heterocycles. The van der Waals surface area contributed by atoms with Crippen molar-refractivity contribution in [2.75, 3.05) is 31.7 Å². The molecule has 5 rings (SSSR count). The number of piperidine rings is 1. The Hall–Kier alpha value is -2.93. The zero-order chi connectivity index (χ0) is 23.9. The highest BCUT2D eigenvalue weighted by atomic mass is 16.5. The van der Waals surface area contributed by atoms with Crippen LogP contribution < -0.4 is 14.4 Å². The second-order valence-electron chi connectivity index (χ2n) is 10.3. The number of methoxy groups -OCH3 is 1. The molecule has 0 bridgehead atoms. The molecule has 3 aromatic rings. The smallest absolute Gasteiger partial charge is 0.163 e. The summed E-state index contributed by atoms with van der Waals surface area (Å²) in [4.78, 5) is 7.18. The fourth-order valence-electron chi connectivity index (χ4n) is 4.90. The molecule has 1 aromatic carbocycles. The molecule has 3 heterocycles. The van der Waals surface area contributed by atoms with Gasteiger partial charge >= 0.3 is 0 Å². The van der Waals surface area contributed by atoms with Gasteiger partial charge in [0.15, 0.2) is 11.5 Å². The number of hydrogen-bond acceptors (Lipinski definition) is 7. The molecule has 2 fully saturated rings. The van der Waals surface area contributed by atoms with Crippen LogP contribution >= 0.6 is 0 Å². The third kappa shape index (κ3) is 4.67. The third-order valence-electron chi connectivity index (χ3n) is 7.25. The second kappa shape index (κ2) is 9.02. The molecule has 34 heavy (non-hydrogen) atoms. The van der Waals surface area contributed by atoms with Crippen LogP contribution in [-0.2, 0) is 0 Å². The number of ether oxygens (including phenoxy) is 2. The first-order valence-electron chi connectivity index (χ1n) is 12.2. The van der Waals surface area contributed by atoms with Crippen LogP contribution in [0.3, 0.4) is 0 Å². The molecular formula is C27H34N4O3. The molecule has 180 valence electrons. The van der Waals surface area contributed by atoms with Crippen molar-refractivity contribution in [3.63, 3.8) is 0 Å². The van der Waals surface area contributed by atoms with E-state index in [0.717, 1.165) is 59.3 Å². The van der Waals surface area contributed by atoms with E-state index in [-0.39, 0.29) is 0 Å². The molecule has 1 saturated heterocycles. The van der Waals surface area contributed by atoms with Crippen LogP contribution in [0.5, 0.6) is 11.5 Å². The van der Waals surface area contributed by atoms with Crippen molar-refractivity contribution in [3.05, 3.63) is 36.2 Å². The summed E-state index contributed by atoms with van der Waals surface area (Å²) in [5, 5.41) is 19.9. The predicted octanol–water partition coefficient (Wildman–Crippen LogP) is 4.78. The number of anilines is 1. The van der Waals surface area contributed by atoms with Gasteiger partial charge in [-0.3, -0.25) is 0 Å². The van der Waals surface area contributed by atoms with E-state index in [1.165, 1.54) is 12.8 Å². The zero-order valence-corrected chi connectivity index (χ0v) is 20.5. The van der Waals surface area contributed by atoms with Crippen molar-refractivity contribution in [3.8, 4) is 22.6 Å². The van der Waals surface area contributed by atoms with E-state index >= 15 is 0 Å². The van der Waals surface area contributed by atoms with Gasteiger partial charge in [-0.15, -0.1) is 0 Å². The zero-order valence-electron chi connectivity index (χ0n) is 20.5. The summed E-state index contributed by atoms with van der Waals surface area (Å²) in [6.07, 6.45) is 8.12. The molecular weight excluding hydrogens is 428 g/mol. The number of aromatic nitrogens is 3. The van der Waals surface area contributed by atoms with E-state index in [1.807, 2.05) is 32.2 Å². The summed E-state index contributed by atoms with van der Waals surface area (Å²) < 4.78 is 11.6. The number of nitrogens with zero attached hydrogens (tertiary/aromatic N) is 4. The Morgan fingerprint density at radius 2 is 1.82 bits per heavy atom. The molecule has 2 aromatic heterocycles. The highest BCUT2D eigenvalue weighted by Crippen LogP contribution is 2.38. The van der Waals surface area contributed by atoms with Gasteiger partial charge in [-0.2, -0.15) is 10.2 Å². The summed E-state index contributed by atoms with van der Waals surface area (Å²) in [5.74, 6) is 3.42. The normalized spacial score (nSPS) is 17.3. The van der Waals surface area contributed by atoms with Crippen LogP contribution in [0.4, 0.5) is 5.82 Å². The predicted molar refractivity (Wildman–Crippen MR) is 134 cm³/mol. The van der Waals surface area contributed by atoms with E-state index in [0.29, 0.717) is 29.9 Å². The Morgan fingerprint density at radius 1 is 1.06 bits per heavy atom. The van der Waals surface area contributed by atoms with Crippen molar-refractivity contribution in [1.82, 2.24) is 15.2 Å². The van der Waals surface area contributed by atoms with Gasteiger partial charge in [0.25, 0.3) is 0 Å². The summed E-state index contributed by atoms with van der Waals surface area (Å²) in [5.41, 5.74) is 3.25. The molecule has 2 aliphatic rings. The fraction of sp³-hybridized carbons (Fsp3) is 0.519. The van der Waals surface area contributed by atoms with Crippen molar-refractivity contribution >= 4 is 16.7 Å². The highest BCUT2D eigenvalue weighted by Gasteiger charge is 2.31. The highest BCUT2D eigenvalue weighted by molar-refractivity contribution is 5.95. The van der Waals surface area contributed by atoms with Gasteiger partial charge in [0.05, 0.1) is 31.0 Å². The van der Waals surface area contributed by atoms with Crippen LogP contribution in [0.2, 0.25) is 0 Å². The Balaban J connectivity index is 1.41. The maximum atomic E-state index is 10.4. The van der Waals surface area contributed by atoms with Gasteiger partial charge in [0.2, 0.25) is 0 Å². The molecule has 0 radical (unpaired) electrons. The molecule has 0 amide bonds. The first-order valence-corrected chi connectivity index (χ1v) is 12.2. The van der Waals surface area contributed by atoms with Crippen LogP contribution in [0.25, 0.3) is 22.0 Å². The number of rotatable bonds is 7. The van der Waals surface area contributed by atoms with E-state index in [2.05, 4.69) is 28.1 Å². The average Bonchev–Trinajstić information content (AvgIpc) is 3.66. The SMILES string of the molecule is COc1cc2c(-c3cnc(N4CCC(C(C)(C)O)CC4)c(C)c3)cnnc2cc1OCC1CC1. The van der Waals surface area contributed by atoms with E-state index in [1.54, 1.807) is 13.3 Å². The Morgan fingerprint density at radius 3 is 2.47 bits per heavy atom. The van der Waals surface area contributed by atoms with E-state index < -0.39 is 5.60 Å². The molecule has 7 heteroatoms. The average molecular weight is 463 g/mol. The van der Waals surface area contributed by atoms with Crippen LogP contribution in [0.1, 0.15) is 45.1 Å². The maximum Gasteiger partial charge on any atom is 0.163 e. The van der Waals surface area contributed by atoms with Gasteiger partial charge in [-0.25, -0.2) is 4.98 Å². The summed E-state index contributed by atoms with van der Waals surface area (Å²) >= 11 is 0. The first kappa shape index (κ1) is 22.8. The summed E-state index contributed by atoms with van der Waals surface area (Å²) in [6, 6.07) is 6.09. The summed E-state index contributed by atoms with van der Waals surface area (Å²) in [6.45, 7) is 8.46. The first-order chi connectivity index (χ1) is 16.3. The van der Waals surface area contributed by atoms with Gasteiger partial charge in [-0.05, 0) is 76.0 Å². The van der Waals surface area contributed by atoms with Crippen molar-refractivity contribution < 1.29 is 14.6 Å². The molecule has 1 N–H and O–H groups in total. The maximum absolute atomic E-state index is 10.4. The lowest BCUT2D eigenvalue weighted by Gasteiger charge is -2.38. The Kier molecular flexibility index (Phi) is 6.06. The minimum absolute atomic E-state index is 0.325. The number of hydrogen-bond donors (Lipinski definition) is 1. The van der Waals surface area contributed by atoms with E-state index in [9.17, 15) is 5.11 Å². The quantitative estimate of drug-likeness (QED) is 0.541. The van der Waals surface area contributed by atoms with E-state index in [4.69, 9.17) is 14.5 Å². The Labute approximate surface area is 201 Å². The number of aliphatic hydroxyl groups is 1. The standard InChI is InChI=1S/C27H34N4O3/c1-17-11-19(14-28-26(17)31-9-7-20(8-10-31)27(2,3)32)22-15-29-30-23-13-25(34-16-18-5-6-18)24(33-4)12-21(22)23/h11-15,18,20,32H,5-10,16H2,1-4H3. The lowest BCUT2D eigenvalue weighted by atomic mass is 9.83. The molecule has 1 aliphatic carbocycles. The number of pyridine rings is 1. The van der Waals surface area contributed by atoms with Gasteiger partial charge in [-0.1, -0.05) is 0 Å². The summed E-state index contributed by atoms with van der Waals surface area (Å²) in [7, 11) is 1.67. The molecule has 7 nitrogen and oxygen atoms in total. The van der Waals surface area contributed by atoms with Crippen molar-refractivity contribution in [2.24, 2.45) is 11.8 Å². The molecule has 1 saturated carbocycles. The third-order valence-corrected chi connectivity index (χ3v) is 7.25. The topological polar surface area (TPSA) is 80.6 Å². The number of fused-ring (bicyclic) bond motifs is 1. The minimum atomic E-state index is -0.627. The van der Waals surface area contributed by atoms with Crippen LogP contribution in [0.15, 0.2) is 30.6 Å². The van der Waals surface area contributed by atoms with Crippen molar-refractivity contribution in [1.29, 1.82) is 0 Å². The lowest BCUT2D eigenvalue weighted by molar-refractivity contribution is 0.00645. The van der Waals surface area contributed by atoms with Crippen LogP contribution in [-0.4, -0.2) is 52.7 Å². The lowest BCUT2D eigenvalue weighted by Crippen LogP contribution is -2.42. The number of benzene rings is 1. The molecule has 0 spiro atoms. The number of aryl methyl sites for hydroxylation is 1. The minimum Gasteiger partial charge on any atom is -0.493 e. The largest absolute Gasteiger partial charge is 0.493 e. The molecule has 0 unspecified atom stereocenters. The van der Waals surface area contributed by atoms with Crippen molar-refractivity contribution in [2.45, 2.75) is 52.1 Å². The fourth-order valence-corrected chi connectivity index (χ4v) is 4.90. The van der Waals surface area contributed by atoms with Crippen LogP contribution in [0, 0.1) is 18.8 Å². The van der Waals surface area contributed by atoms with Gasteiger partial charge in [0.1, 0.15) is 5.82 Å².